The predicted molar refractivity (Wildman–Crippen MR) is 77.9 cm³/mol. The molecule has 1 aromatic rings. The molecule has 0 bridgehead atoms. The largest absolute Gasteiger partial charge is 0.311 e. The van der Waals surface area contributed by atoms with Crippen LogP contribution in [0.15, 0.2) is 24.3 Å². The van der Waals surface area contributed by atoms with Crippen LogP contribution in [0.4, 0.5) is 0 Å². The molecule has 0 spiro atoms. The van der Waals surface area contributed by atoms with Crippen LogP contribution in [0.5, 0.6) is 0 Å². The summed E-state index contributed by atoms with van der Waals surface area (Å²) in [7, 11) is 2.18. The summed E-state index contributed by atoms with van der Waals surface area (Å²) in [6.45, 7) is 7.63. The third kappa shape index (κ3) is 4.11. The minimum atomic E-state index is 0.630. The highest BCUT2D eigenvalue weighted by Gasteiger charge is 2.23. The first kappa shape index (κ1) is 13.6. The molecule has 2 rings (SSSR count). The highest BCUT2D eigenvalue weighted by molar-refractivity contribution is 5.29. The minimum absolute atomic E-state index is 0.630. The van der Waals surface area contributed by atoms with Crippen molar-refractivity contribution in [3.8, 4) is 0 Å². The van der Waals surface area contributed by atoms with Crippen molar-refractivity contribution in [2.45, 2.75) is 45.2 Å². The van der Waals surface area contributed by atoms with Gasteiger partial charge < -0.3 is 10.2 Å². The summed E-state index contributed by atoms with van der Waals surface area (Å²) >= 11 is 0. The molecule has 1 fully saturated rings. The van der Waals surface area contributed by atoms with E-state index in [2.05, 4.69) is 55.4 Å². The van der Waals surface area contributed by atoms with Crippen LogP contribution in [-0.2, 0) is 6.54 Å². The molecule has 0 aliphatic heterocycles. The van der Waals surface area contributed by atoms with Crippen LogP contribution in [0.25, 0.3) is 0 Å². The Morgan fingerprint density at radius 1 is 1.33 bits per heavy atom. The zero-order chi connectivity index (χ0) is 13.0. The molecule has 0 atom stereocenters. The first-order chi connectivity index (χ1) is 8.66. The number of nitrogens with one attached hydrogen (secondary N) is 1. The highest BCUT2D eigenvalue weighted by Crippen LogP contribution is 2.40. The molecule has 1 N–H and O–H groups in total. The molecule has 0 aromatic heterocycles. The van der Waals surface area contributed by atoms with Gasteiger partial charge in [-0.3, -0.25) is 0 Å². The van der Waals surface area contributed by atoms with Gasteiger partial charge in [-0.1, -0.05) is 24.3 Å². The molecular formula is C16H26N2. The maximum Gasteiger partial charge on any atom is 0.0206 e. The molecule has 0 radical (unpaired) electrons. The average molecular weight is 246 g/mol. The van der Waals surface area contributed by atoms with Gasteiger partial charge >= 0.3 is 0 Å². The van der Waals surface area contributed by atoms with Gasteiger partial charge in [0.15, 0.2) is 0 Å². The lowest BCUT2D eigenvalue weighted by atomic mass is 10.1. The van der Waals surface area contributed by atoms with Gasteiger partial charge in [0.25, 0.3) is 0 Å². The highest BCUT2D eigenvalue weighted by atomic mass is 15.1. The van der Waals surface area contributed by atoms with Crippen LogP contribution in [0.2, 0.25) is 0 Å². The summed E-state index contributed by atoms with van der Waals surface area (Å²) in [5.41, 5.74) is 2.96. The number of hydrogen-bond donors (Lipinski definition) is 1. The van der Waals surface area contributed by atoms with E-state index >= 15 is 0 Å². The van der Waals surface area contributed by atoms with Gasteiger partial charge in [0.2, 0.25) is 0 Å². The average Bonchev–Trinajstić information content (AvgIpc) is 3.19. The standard InChI is InChI=1S/C16H26N2/c1-13(2)18(3)10-9-17-12-14-5-4-6-16(11-14)15-7-8-15/h4-6,11,13,15,17H,7-10,12H2,1-3H3. The summed E-state index contributed by atoms with van der Waals surface area (Å²) < 4.78 is 0. The van der Waals surface area contributed by atoms with Crippen LogP contribution in [-0.4, -0.2) is 31.1 Å². The molecule has 0 heterocycles. The molecule has 2 nitrogen and oxygen atoms in total. The van der Waals surface area contributed by atoms with Crippen LogP contribution < -0.4 is 5.32 Å². The molecule has 1 aromatic carbocycles. The molecule has 18 heavy (non-hydrogen) atoms. The van der Waals surface area contributed by atoms with E-state index in [0.717, 1.165) is 25.6 Å². The molecule has 1 saturated carbocycles. The summed E-state index contributed by atoms with van der Waals surface area (Å²) in [6.07, 6.45) is 2.77. The second-order valence-electron chi connectivity index (χ2n) is 5.77. The van der Waals surface area contributed by atoms with Gasteiger partial charge in [-0.15, -0.1) is 0 Å². The number of hydrogen-bond acceptors (Lipinski definition) is 2. The maximum absolute atomic E-state index is 3.53. The van der Waals surface area contributed by atoms with E-state index in [9.17, 15) is 0 Å². The van der Waals surface area contributed by atoms with E-state index in [4.69, 9.17) is 0 Å². The second-order valence-corrected chi connectivity index (χ2v) is 5.77. The maximum atomic E-state index is 3.53. The monoisotopic (exact) mass is 246 g/mol. The Balaban J connectivity index is 1.71. The number of rotatable bonds is 7. The summed E-state index contributed by atoms with van der Waals surface area (Å²) in [5, 5.41) is 3.53. The van der Waals surface area contributed by atoms with Crippen molar-refractivity contribution in [1.29, 1.82) is 0 Å². The molecule has 0 amide bonds. The molecule has 1 aliphatic rings. The Morgan fingerprint density at radius 3 is 2.78 bits per heavy atom. The lowest BCUT2D eigenvalue weighted by Gasteiger charge is -2.21. The Bertz CT molecular complexity index is 369. The topological polar surface area (TPSA) is 15.3 Å². The van der Waals surface area contributed by atoms with Crippen LogP contribution in [0.1, 0.15) is 43.7 Å². The first-order valence-electron chi connectivity index (χ1n) is 7.16. The third-order valence-corrected chi connectivity index (χ3v) is 3.85. The van der Waals surface area contributed by atoms with E-state index in [-0.39, 0.29) is 0 Å². The van der Waals surface area contributed by atoms with Crippen LogP contribution >= 0.6 is 0 Å². The summed E-state index contributed by atoms with van der Waals surface area (Å²) in [5.74, 6) is 0.858. The normalized spacial score (nSPS) is 15.6. The van der Waals surface area contributed by atoms with E-state index in [0.29, 0.717) is 6.04 Å². The lowest BCUT2D eigenvalue weighted by Crippen LogP contribution is -2.33. The quantitative estimate of drug-likeness (QED) is 0.744. The number of likely N-dealkylation sites (N-methyl/N-ethyl adjacent to an activating group) is 1. The third-order valence-electron chi connectivity index (χ3n) is 3.85. The van der Waals surface area contributed by atoms with Crippen molar-refractivity contribution in [2.75, 3.05) is 20.1 Å². The van der Waals surface area contributed by atoms with E-state index in [1.54, 1.807) is 0 Å². The molecule has 100 valence electrons. The predicted octanol–water partition coefficient (Wildman–Crippen LogP) is 2.99. The fraction of sp³-hybridized carbons (Fsp3) is 0.625. The Labute approximate surface area is 111 Å². The second kappa shape index (κ2) is 6.35. The smallest absolute Gasteiger partial charge is 0.0206 e. The molecular weight excluding hydrogens is 220 g/mol. The van der Waals surface area contributed by atoms with E-state index < -0.39 is 0 Å². The van der Waals surface area contributed by atoms with Crippen molar-refractivity contribution in [3.63, 3.8) is 0 Å². The van der Waals surface area contributed by atoms with Crippen LogP contribution in [0, 0.1) is 0 Å². The summed E-state index contributed by atoms with van der Waals surface area (Å²) in [6, 6.07) is 9.70. The van der Waals surface area contributed by atoms with Gasteiger partial charge in [-0.2, -0.15) is 0 Å². The molecule has 0 unspecified atom stereocenters. The molecule has 0 saturated heterocycles. The molecule has 2 heteroatoms. The lowest BCUT2D eigenvalue weighted by molar-refractivity contribution is 0.273. The van der Waals surface area contributed by atoms with Gasteiger partial charge in [-0.25, -0.2) is 0 Å². The van der Waals surface area contributed by atoms with E-state index in [1.165, 1.54) is 24.0 Å². The number of nitrogens with zero attached hydrogens (tertiary/aromatic N) is 1. The van der Waals surface area contributed by atoms with Gasteiger partial charge in [0.05, 0.1) is 0 Å². The minimum Gasteiger partial charge on any atom is -0.311 e. The number of benzene rings is 1. The fourth-order valence-electron chi connectivity index (χ4n) is 2.12. The van der Waals surface area contributed by atoms with Crippen molar-refractivity contribution in [2.24, 2.45) is 0 Å². The zero-order valence-electron chi connectivity index (χ0n) is 11.9. The van der Waals surface area contributed by atoms with Gasteiger partial charge in [0, 0.05) is 25.7 Å². The Morgan fingerprint density at radius 2 is 2.11 bits per heavy atom. The van der Waals surface area contributed by atoms with Crippen molar-refractivity contribution in [3.05, 3.63) is 35.4 Å². The van der Waals surface area contributed by atoms with Gasteiger partial charge in [-0.05, 0) is 50.8 Å². The van der Waals surface area contributed by atoms with Crippen molar-refractivity contribution < 1.29 is 0 Å². The Kier molecular flexibility index (Phi) is 4.79. The molecule has 1 aliphatic carbocycles. The van der Waals surface area contributed by atoms with Crippen molar-refractivity contribution >= 4 is 0 Å². The Hall–Kier alpha value is -0.860. The van der Waals surface area contributed by atoms with Gasteiger partial charge in [0.1, 0.15) is 0 Å². The van der Waals surface area contributed by atoms with E-state index in [1.807, 2.05) is 0 Å². The fourth-order valence-corrected chi connectivity index (χ4v) is 2.12. The first-order valence-corrected chi connectivity index (χ1v) is 7.16. The van der Waals surface area contributed by atoms with Crippen molar-refractivity contribution in [1.82, 2.24) is 10.2 Å². The zero-order valence-corrected chi connectivity index (χ0v) is 11.9. The SMILES string of the molecule is CC(C)N(C)CCNCc1cccc(C2CC2)c1. The summed E-state index contributed by atoms with van der Waals surface area (Å²) in [4.78, 5) is 2.37. The van der Waals surface area contributed by atoms with Crippen LogP contribution in [0.3, 0.4) is 0 Å².